The zero-order valence-electron chi connectivity index (χ0n) is 23.7. The molecule has 0 fully saturated rings. The number of aliphatic carboxylic acids is 1. The van der Waals surface area contributed by atoms with Crippen molar-refractivity contribution in [3.05, 3.63) is 81.9 Å². The second kappa shape index (κ2) is 11.4. The van der Waals surface area contributed by atoms with Crippen LogP contribution in [0.25, 0.3) is 11.0 Å². The van der Waals surface area contributed by atoms with Crippen molar-refractivity contribution in [2.75, 3.05) is 6.61 Å². The highest BCUT2D eigenvalue weighted by Gasteiger charge is 2.32. The molecule has 0 radical (unpaired) electrons. The van der Waals surface area contributed by atoms with E-state index < -0.39 is 22.2 Å². The minimum atomic E-state index is -4.03. The Morgan fingerprint density at radius 1 is 1.00 bits per heavy atom. The Kier molecular flexibility index (Phi) is 7.63. The lowest BCUT2D eigenvalue weighted by Crippen LogP contribution is -2.37. The predicted molar refractivity (Wildman–Crippen MR) is 157 cm³/mol. The number of rotatable bonds is 2. The molecule has 3 aliphatic heterocycles. The fourth-order valence-corrected chi connectivity index (χ4v) is 6.99. The summed E-state index contributed by atoms with van der Waals surface area (Å²) in [6, 6.07) is 14.9. The van der Waals surface area contributed by atoms with Crippen LogP contribution in [-0.4, -0.2) is 45.4 Å². The first-order valence-electron chi connectivity index (χ1n) is 14.3. The van der Waals surface area contributed by atoms with Gasteiger partial charge in [-0.05, 0) is 85.2 Å². The molecule has 0 aliphatic carbocycles. The molecule has 4 heterocycles. The molecule has 0 amide bonds. The van der Waals surface area contributed by atoms with Crippen LogP contribution in [0.3, 0.4) is 0 Å². The standard InChI is InChI=1S/C31H34N4O6S/c1-20-7-8-22-15-23(20)18-34-19-24-16-25(9-12-29(24)41-42(34,38)39)40-14-6-4-3-5-13-35-28-11-10-26(27(22)17-30(36)37)21(2)31(28)32-33-35/h7-12,15-16,27H,3-6,13-14,17-19H2,1-2H3,(H,36,37). The number of carbonyl (C=O) groups is 1. The van der Waals surface area contributed by atoms with Crippen LogP contribution in [0.4, 0.5) is 0 Å². The molecular weight excluding hydrogens is 556 g/mol. The van der Waals surface area contributed by atoms with Gasteiger partial charge in [-0.15, -0.1) is 5.10 Å². The van der Waals surface area contributed by atoms with Crippen molar-refractivity contribution in [2.45, 2.75) is 71.5 Å². The van der Waals surface area contributed by atoms with Gasteiger partial charge in [0, 0.05) is 31.1 Å². The molecule has 0 saturated heterocycles. The molecule has 11 heteroatoms. The molecular formula is C31H34N4O6S. The van der Waals surface area contributed by atoms with Gasteiger partial charge in [0.05, 0.1) is 18.5 Å². The molecule has 220 valence electrons. The van der Waals surface area contributed by atoms with E-state index in [1.165, 1.54) is 4.31 Å². The van der Waals surface area contributed by atoms with Crippen LogP contribution >= 0.6 is 0 Å². The lowest BCUT2D eigenvalue weighted by molar-refractivity contribution is -0.137. The number of aryl methyl sites for hydroxylation is 3. The second-order valence-electron chi connectivity index (χ2n) is 11.1. The highest BCUT2D eigenvalue weighted by molar-refractivity contribution is 7.84. The van der Waals surface area contributed by atoms with Crippen molar-refractivity contribution in [1.82, 2.24) is 19.3 Å². The van der Waals surface area contributed by atoms with Crippen molar-refractivity contribution in [2.24, 2.45) is 0 Å². The predicted octanol–water partition coefficient (Wildman–Crippen LogP) is 5.25. The molecule has 3 aliphatic rings. The zero-order valence-corrected chi connectivity index (χ0v) is 24.6. The quantitative estimate of drug-likeness (QED) is 0.336. The monoisotopic (exact) mass is 590 g/mol. The molecule has 0 saturated carbocycles. The molecule has 2 unspecified atom stereocenters. The van der Waals surface area contributed by atoms with Gasteiger partial charge in [-0.2, -0.15) is 12.7 Å². The van der Waals surface area contributed by atoms with E-state index in [0.29, 0.717) is 18.1 Å². The van der Waals surface area contributed by atoms with Crippen LogP contribution in [0.1, 0.15) is 71.4 Å². The van der Waals surface area contributed by atoms with Gasteiger partial charge in [0.25, 0.3) is 0 Å². The largest absolute Gasteiger partial charge is 0.494 e. The Labute approximate surface area is 245 Å². The van der Waals surface area contributed by atoms with Gasteiger partial charge in [0.1, 0.15) is 17.0 Å². The average Bonchev–Trinajstić information content (AvgIpc) is 3.36. The molecule has 9 bridgehead atoms. The molecule has 3 aromatic carbocycles. The molecule has 1 aromatic heterocycles. The fourth-order valence-electron chi connectivity index (χ4n) is 5.90. The maximum Gasteiger partial charge on any atom is 0.385 e. The summed E-state index contributed by atoms with van der Waals surface area (Å²) in [6.07, 6.45) is 3.75. The summed E-state index contributed by atoms with van der Waals surface area (Å²) in [4.78, 5) is 12.1. The van der Waals surface area contributed by atoms with Gasteiger partial charge in [-0.3, -0.25) is 4.79 Å². The average molecular weight is 591 g/mol. The molecule has 2 atom stereocenters. The van der Waals surface area contributed by atoms with Crippen molar-refractivity contribution in [3.63, 3.8) is 0 Å². The van der Waals surface area contributed by atoms with Crippen LogP contribution in [0, 0.1) is 13.8 Å². The number of aromatic nitrogens is 3. The number of benzene rings is 3. The number of fused-ring (bicyclic) bond motifs is 7. The number of carboxylic acid groups (broad SMARTS) is 1. The van der Waals surface area contributed by atoms with Gasteiger partial charge in [0.15, 0.2) is 0 Å². The molecule has 10 nitrogen and oxygen atoms in total. The number of nitrogens with zero attached hydrogens (tertiary/aromatic N) is 4. The highest BCUT2D eigenvalue weighted by Crippen LogP contribution is 2.36. The third kappa shape index (κ3) is 5.58. The highest BCUT2D eigenvalue weighted by atomic mass is 32.2. The van der Waals surface area contributed by atoms with Gasteiger partial charge < -0.3 is 14.0 Å². The summed E-state index contributed by atoms with van der Waals surface area (Å²) in [7, 11) is -4.03. The summed E-state index contributed by atoms with van der Waals surface area (Å²) in [5.41, 5.74) is 6.65. The van der Waals surface area contributed by atoms with Crippen LogP contribution < -0.4 is 8.92 Å². The normalized spacial score (nSPS) is 20.4. The third-order valence-corrected chi connectivity index (χ3v) is 9.56. The number of ether oxygens (including phenoxy) is 1. The minimum absolute atomic E-state index is 0.0820. The smallest absolute Gasteiger partial charge is 0.385 e. The zero-order chi connectivity index (χ0) is 29.4. The molecule has 1 N–H and O–H groups in total. The van der Waals surface area contributed by atoms with Crippen molar-refractivity contribution in [1.29, 1.82) is 0 Å². The Morgan fingerprint density at radius 2 is 1.81 bits per heavy atom. The maximum absolute atomic E-state index is 13.1. The summed E-state index contributed by atoms with van der Waals surface area (Å²) in [6.45, 7) is 5.42. The van der Waals surface area contributed by atoms with Gasteiger partial charge in [0.2, 0.25) is 0 Å². The number of hydrogen-bond donors (Lipinski definition) is 1. The molecule has 4 aromatic rings. The van der Waals surface area contributed by atoms with Crippen molar-refractivity contribution >= 4 is 27.3 Å². The topological polar surface area (TPSA) is 124 Å². The van der Waals surface area contributed by atoms with E-state index in [1.54, 1.807) is 12.1 Å². The van der Waals surface area contributed by atoms with E-state index in [-0.39, 0.29) is 19.5 Å². The minimum Gasteiger partial charge on any atom is -0.494 e. The van der Waals surface area contributed by atoms with Crippen LogP contribution in [0.15, 0.2) is 48.5 Å². The van der Waals surface area contributed by atoms with Crippen LogP contribution in [0.2, 0.25) is 0 Å². The van der Waals surface area contributed by atoms with E-state index in [2.05, 4.69) is 10.3 Å². The van der Waals surface area contributed by atoms with Gasteiger partial charge >= 0.3 is 16.3 Å². The van der Waals surface area contributed by atoms with E-state index in [0.717, 1.165) is 76.6 Å². The van der Waals surface area contributed by atoms with Crippen molar-refractivity contribution < 1.29 is 27.2 Å². The van der Waals surface area contributed by atoms with E-state index in [1.807, 2.05) is 54.9 Å². The SMILES string of the molecule is Cc1ccc2cc1CN1Cc3cc(ccc3OS1(=O)=O)OCCCCCCn1nnc3c(C)c(ccc31)C2CC(=O)O. The lowest BCUT2D eigenvalue weighted by atomic mass is 9.84. The van der Waals surface area contributed by atoms with E-state index >= 15 is 0 Å². The van der Waals surface area contributed by atoms with Gasteiger partial charge in [-0.1, -0.05) is 35.9 Å². The number of carboxylic acids is 1. The lowest BCUT2D eigenvalue weighted by Gasteiger charge is -2.29. The molecule has 42 heavy (non-hydrogen) atoms. The van der Waals surface area contributed by atoms with E-state index in [4.69, 9.17) is 8.92 Å². The Morgan fingerprint density at radius 3 is 2.64 bits per heavy atom. The second-order valence-corrected chi connectivity index (χ2v) is 12.7. The first kappa shape index (κ1) is 28.2. The summed E-state index contributed by atoms with van der Waals surface area (Å²) >= 11 is 0. The van der Waals surface area contributed by atoms with Crippen LogP contribution in [0.5, 0.6) is 11.5 Å². The summed E-state index contributed by atoms with van der Waals surface area (Å²) in [5.74, 6) is -0.394. The molecule has 7 rings (SSSR count). The summed E-state index contributed by atoms with van der Waals surface area (Å²) in [5, 5.41) is 18.8. The maximum atomic E-state index is 13.1. The molecule has 0 spiro atoms. The van der Waals surface area contributed by atoms with Gasteiger partial charge in [-0.25, -0.2) is 4.68 Å². The first-order chi connectivity index (χ1) is 20.2. The third-order valence-electron chi connectivity index (χ3n) is 8.28. The van der Waals surface area contributed by atoms with E-state index in [9.17, 15) is 18.3 Å². The number of hydrogen-bond acceptors (Lipinski definition) is 7. The Bertz CT molecular complexity index is 1770. The fraction of sp³-hybridized carbons (Fsp3) is 0.387. The Balaban J connectivity index is 1.43. The first-order valence-corrected chi connectivity index (χ1v) is 15.7. The Hall–Kier alpha value is -3.96. The van der Waals surface area contributed by atoms with Crippen LogP contribution in [-0.2, 0) is 34.7 Å². The summed E-state index contributed by atoms with van der Waals surface area (Å²) < 4.78 is 40.9. The van der Waals surface area contributed by atoms with Crippen molar-refractivity contribution in [3.8, 4) is 11.5 Å².